The number of benzene rings is 1. The second-order valence-electron chi connectivity index (χ2n) is 5.96. The number of hydrogen-bond donors (Lipinski definition) is 0. The van der Waals surface area contributed by atoms with Gasteiger partial charge in [-0.25, -0.2) is 12.8 Å². The van der Waals surface area contributed by atoms with Crippen molar-refractivity contribution in [1.29, 1.82) is 0 Å². The minimum absolute atomic E-state index is 0.0381. The molecule has 3 rings (SSSR count). The molecule has 1 aliphatic heterocycles. The number of carbonyl (C=O) groups excluding carboxylic acids is 2. The molecule has 0 bridgehead atoms. The van der Waals surface area contributed by atoms with Crippen molar-refractivity contribution in [3.63, 3.8) is 0 Å². The van der Waals surface area contributed by atoms with Crippen LogP contribution in [0, 0.1) is 11.7 Å². The quantitative estimate of drug-likeness (QED) is 0.557. The van der Waals surface area contributed by atoms with Crippen LogP contribution in [0.1, 0.15) is 23.2 Å². The molecule has 134 valence electrons. The van der Waals surface area contributed by atoms with Crippen molar-refractivity contribution in [3.8, 4) is 0 Å². The normalized spacial score (nSPS) is 20.8. The first-order chi connectivity index (χ1) is 11.8. The highest BCUT2D eigenvalue weighted by Gasteiger charge is 2.47. The molecular formula is C16H16FNO6S. The average molecular weight is 369 g/mol. The predicted molar refractivity (Wildman–Crippen MR) is 83.4 cm³/mol. The number of Topliss-reactive ketones (excluding diaryl/α,β-unsaturated/α-hetero) is 1. The first kappa shape index (κ1) is 17.6. The lowest BCUT2D eigenvalue weighted by atomic mass is 9.97. The number of amides is 1. The van der Waals surface area contributed by atoms with Crippen LogP contribution >= 0.6 is 0 Å². The van der Waals surface area contributed by atoms with Gasteiger partial charge < -0.3 is 4.74 Å². The van der Waals surface area contributed by atoms with Gasteiger partial charge in [0.05, 0.1) is 17.6 Å². The monoisotopic (exact) mass is 369 g/mol. The molecule has 1 aliphatic carbocycles. The summed E-state index contributed by atoms with van der Waals surface area (Å²) in [5.41, 5.74) is -0.121. The molecule has 0 aromatic heterocycles. The highest BCUT2D eigenvalue weighted by molar-refractivity contribution is 7.90. The Morgan fingerprint density at radius 2 is 2.08 bits per heavy atom. The maximum absolute atomic E-state index is 13.5. The molecular weight excluding hydrogens is 353 g/mol. The first-order valence-electron chi connectivity index (χ1n) is 7.51. The van der Waals surface area contributed by atoms with Gasteiger partial charge in [-0.3, -0.25) is 14.4 Å². The molecule has 2 aliphatic rings. The molecule has 7 nitrogen and oxygen atoms in total. The van der Waals surface area contributed by atoms with Crippen molar-refractivity contribution in [2.75, 3.05) is 13.4 Å². The van der Waals surface area contributed by atoms with Crippen molar-refractivity contribution >= 4 is 22.0 Å². The van der Waals surface area contributed by atoms with Crippen molar-refractivity contribution in [2.45, 2.75) is 23.8 Å². The summed E-state index contributed by atoms with van der Waals surface area (Å²) in [6.07, 6.45) is 2.19. The summed E-state index contributed by atoms with van der Waals surface area (Å²) in [7, 11) is -2.57. The predicted octanol–water partition coefficient (Wildman–Crippen LogP) is 1.45. The Hall–Kier alpha value is -2.26. The molecule has 1 saturated carbocycles. The molecule has 0 saturated heterocycles. The van der Waals surface area contributed by atoms with E-state index in [1.165, 1.54) is 7.11 Å². The molecule has 9 heteroatoms. The van der Waals surface area contributed by atoms with Crippen molar-refractivity contribution in [1.82, 2.24) is 5.06 Å². The maximum Gasteiger partial charge on any atom is 0.240 e. The van der Waals surface area contributed by atoms with E-state index in [0.717, 1.165) is 42.4 Å². The Morgan fingerprint density at radius 1 is 1.40 bits per heavy atom. The fraction of sp³-hybridized carbons (Fsp3) is 0.375. The third-order valence-corrected chi connectivity index (χ3v) is 5.25. The molecule has 25 heavy (non-hydrogen) atoms. The molecule has 1 heterocycles. The molecule has 1 aromatic rings. The van der Waals surface area contributed by atoms with E-state index in [9.17, 15) is 22.4 Å². The number of hydroxylamine groups is 2. The number of sulfone groups is 1. The van der Waals surface area contributed by atoms with Crippen LogP contribution in [-0.2, 0) is 24.2 Å². The Labute approximate surface area is 143 Å². The van der Waals surface area contributed by atoms with E-state index in [-0.39, 0.29) is 22.9 Å². The summed E-state index contributed by atoms with van der Waals surface area (Å²) >= 11 is 0. The number of halogens is 1. The van der Waals surface area contributed by atoms with Crippen molar-refractivity contribution in [3.05, 3.63) is 41.0 Å². The number of carbonyl (C=O) groups is 2. The number of ketones is 1. The van der Waals surface area contributed by atoms with Gasteiger partial charge >= 0.3 is 0 Å². The van der Waals surface area contributed by atoms with Crippen LogP contribution in [0.15, 0.2) is 34.6 Å². The largest absolute Gasteiger partial charge is 0.480 e. The number of methoxy groups -OCH3 is 1. The third kappa shape index (κ3) is 3.16. The fourth-order valence-electron chi connectivity index (χ4n) is 2.82. The van der Waals surface area contributed by atoms with Gasteiger partial charge in [0.2, 0.25) is 12.3 Å². The van der Waals surface area contributed by atoms with Crippen molar-refractivity contribution in [2.24, 2.45) is 5.92 Å². The highest BCUT2D eigenvalue weighted by Crippen LogP contribution is 2.43. The standard InChI is InChI=1S/C16H16FNO6S/c1-23-16-13(15(9-3-4-9)24-18(16)8-19)14(20)11-6-5-10(17)7-12(11)25(2,21)22/h5-9,15H,3-4H2,1-2H3. The summed E-state index contributed by atoms with van der Waals surface area (Å²) < 4.78 is 42.6. The summed E-state index contributed by atoms with van der Waals surface area (Å²) in [6.45, 7) is 0. The van der Waals surface area contributed by atoms with E-state index >= 15 is 0 Å². The summed E-state index contributed by atoms with van der Waals surface area (Å²) in [6, 6.07) is 2.92. The summed E-state index contributed by atoms with van der Waals surface area (Å²) in [4.78, 5) is 29.3. The second kappa shape index (κ2) is 6.23. The number of ether oxygens (including phenoxy) is 1. The van der Waals surface area contributed by atoms with Gasteiger partial charge in [-0.2, -0.15) is 5.06 Å². The van der Waals surface area contributed by atoms with Crippen LogP contribution in [0.3, 0.4) is 0 Å². The van der Waals surface area contributed by atoms with E-state index in [2.05, 4.69) is 0 Å². The van der Waals surface area contributed by atoms with E-state index in [4.69, 9.17) is 9.57 Å². The lowest BCUT2D eigenvalue weighted by molar-refractivity contribution is -0.174. The number of nitrogens with zero attached hydrogens (tertiary/aromatic N) is 1. The van der Waals surface area contributed by atoms with Gasteiger partial charge in [0, 0.05) is 11.8 Å². The van der Waals surface area contributed by atoms with Gasteiger partial charge in [-0.1, -0.05) is 0 Å². The number of rotatable bonds is 6. The molecule has 1 fully saturated rings. The van der Waals surface area contributed by atoms with Crippen LogP contribution in [0.4, 0.5) is 4.39 Å². The molecule has 0 spiro atoms. The smallest absolute Gasteiger partial charge is 0.240 e. The lowest BCUT2D eigenvalue weighted by Gasteiger charge is -2.13. The fourth-order valence-corrected chi connectivity index (χ4v) is 3.71. The molecule has 1 amide bonds. The SMILES string of the molecule is COC1=C(C(=O)c2ccc(F)cc2S(C)(=O)=O)C(C2CC2)ON1C=O. The molecule has 1 unspecified atom stereocenters. The Morgan fingerprint density at radius 3 is 2.60 bits per heavy atom. The van der Waals surface area contributed by atoms with Gasteiger partial charge in [-0.15, -0.1) is 0 Å². The maximum atomic E-state index is 13.5. The Kier molecular flexibility index (Phi) is 4.38. The van der Waals surface area contributed by atoms with Gasteiger partial charge in [-0.05, 0) is 37.0 Å². The van der Waals surface area contributed by atoms with E-state index in [1.54, 1.807) is 0 Å². The topological polar surface area (TPSA) is 90.0 Å². The minimum Gasteiger partial charge on any atom is -0.480 e. The van der Waals surface area contributed by atoms with E-state index in [1.807, 2.05) is 0 Å². The zero-order valence-electron chi connectivity index (χ0n) is 13.6. The zero-order valence-corrected chi connectivity index (χ0v) is 14.4. The van der Waals surface area contributed by atoms with Crippen molar-refractivity contribution < 1.29 is 32.0 Å². The number of hydrogen-bond acceptors (Lipinski definition) is 6. The third-order valence-electron chi connectivity index (χ3n) is 4.11. The second-order valence-corrected chi connectivity index (χ2v) is 7.94. The molecule has 1 atom stereocenters. The Balaban J connectivity index is 2.14. The van der Waals surface area contributed by atoms with Crippen LogP contribution in [0.25, 0.3) is 0 Å². The zero-order chi connectivity index (χ0) is 18.4. The average Bonchev–Trinajstić information content (AvgIpc) is 3.33. The lowest BCUT2D eigenvalue weighted by Crippen LogP contribution is -2.23. The van der Waals surface area contributed by atoms with Crippen LogP contribution < -0.4 is 0 Å². The summed E-state index contributed by atoms with van der Waals surface area (Å²) in [5.74, 6) is -1.48. The van der Waals surface area contributed by atoms with Crippen LogP contribution in [0.2, 0.25) is 0 Å². The first-order valence-corrected chi connectivity index (χ1v) is 9.40. The van der Waals surface area contributed by atoms with Gasteiger partial charge in [0.1, 0.15) is 11.9 Å². The molecule has 1 aromatic carbocycles. The van der Waals surface area contributed by atoms with E-state index < -0.39 is 32.4 Å². The van der Waals surface area contributed by atoms with Gasteiger partial charge in [0.15, 0.2) is 15.6 Å². The Bertz CT molecular complexity index is 875. The summed E-state index contributed by atoms with van der Waals surface area (Å²) in [5, 5.41) is 0.819. The minimum atomic E-state index is -3.84. The van der Waals surface area contributed by atoms with Gasteiger partial charge in [0.25, 0.3) is 0 Å². The van der Waals surface area contributed by atoms with Crippen LogP contribution in [-0.4, -0.2) is 45.1 Å². The highest BCUT2D eigenvalue weighted by atomic mass is 32.2. The molecule has 0 radical (unpaired) electrons. The van der Waals surface area contributed by atoms with Crippen LogP contribution in [0.5, 0.6) is 0 Å². The molecule has 0 N–H and O–H groups in total. The van der Waals surface area contributed by atoms with E-state index in [0.29, 0.717) is 6.41 Å².